The summed E-state index contributed by atoms with van der Waals surface area (Å²) in [6.07, 6.45) is 10.3. The molecular formula is C18H27FN4O. The van der Waals surface area contributed by atoms with Crippen molar-refractivity contribution in [2.75, 3.05) is 0 Å². The predicted molar refractivity (Wildman–Crippen MR) is 93.0 cm³/mol. The molecule has 0 bridgehead atoms. The van der Waals surface area contributed by atoms with Gasteiger partial charge in [0.25, 0.3) is 5.56 Å². The van der Waals surface area contributed by atoms with E-state index in [9.17, 15) is 9.18 Å². The molecule has 24 heavy (non-hydrogen) atoms. The number of hydrogen-bond donors (Lipinski definition) is 1. The van der Waals surface area contributed by atoms with Gasteiger partial charge in [-0.3, -0.25) is 4.79 Å². The summed E-state index contributed by atoms with van der Waals surface area (Å²) in [5, 5.41) is 4.91. The van der Waals surface area contributed by atoms with Crippen LogP contribution >= 0.6 is 0 Å². The van der Waals surface area contributed by atoms with E-state index in [1.165, 1.54) is 19.3 Å². The lowest BCUT2D eigenvalue weighted by Crippen LogP contribution is -2.21. The molecule has 0 atom stereocenters. The molecule has 132 valence electrons. The maximum atomic E-state index is 13.4. The Hall–Kier alpha value is -1.72. The van der Waals surface area contributed by atoms with Crippen LogP contribution in [0.5, 0.6) is 0 Å². The van der Waals surface area contributed by atoms with Crippen LogP contribution in [0.2, 0.25) is 0 Å². The van der Waals surface area contributed by atoms with Crippen molar-refractivity contribution in [2.45, 2.75) is 83.3 Å². The van der Waals surface area contributed by atoms with E-state index in [0.29, 0.717) is 23.9 Å². The number of rotatable bonds is 7. The van der Waals surface area contributed by atoms with Gasteiger partial charge in [0, 0.05) is 6.42 Å². The molecule has 3 rings (SSSR count). The summed E-state index contributed by atoms with van der Waals surface area (Å²) < 4.78 is 15.2. The lowest BCUT2D eigenvalue weighted by Gasteiger charge is -2.24. The normalized spacial score (nSPS) is 21.4. The standard InChI is InChI=1S/C18H27FN4O/c1-2-3-4-5-6-7-16-21-17-15(18(24)22-16)12-20-23(17)14-10-8-13(19)9-11-14/h12-14H,2-11H2,1H3,(H,21,22,24). The second kappa shape index (κ2) is 7.90. The topological polar surface area (TPSA) is 63.6 Å². The number of aromatic amines is 1. The zero-order valence-electron chi connectivity index (χ0n) is 14.4. The third-order valence-electron chi connectivity index (χ3n) is 5.00. The summed E-state index contributed by atoms with van der Waals surface area (Å²) in [4.78, 5) is 19.8. The van der Waals surface area contributed by atoms with Gasteiger partial charge in [0.1, 0.15) is 17.4 Å². The number of fused-ring (bicyclic) bond motifs is 1. The van der Waals surface area contributed by atoms with Crippen molar-refractivity contribution >= 4 is 11.0 Å². The van der Waals surface area contributed by atoms with Crippen LogP contribution in [0, 0.1) is 0 Å². The number of unbranched alkanes of at least 4 members (excludes halogenated alkanes) is 4. The van der Waals surface area contributed by atoms with E-state index >= 15 is 0 Å². The Labute approximate surface area is 141 Å². The number of halogens is 1. The van der Waals surface area contributed by atoms with Gasteiger partial charge in [-0.2, -0.15) is 5.10 Å². The second-order valence-electron chi connectivity index (χ2n) is 6.91. The van der Waals surface area contributed by atoms with Gasteiger partial charge in [0.2, 0.25) is 0 Å². The maximum absolute atomic E-state index is 13.4. The van der Waals surface area contributed by atoms with Crippen LogP contribution in [0.3, 0.4) is 0 Å². The smallest absolute Gasteiger partial charge is 0.262 e. The minimum absolute atomic E-state index is 0.117. The van der Waals surface area contributed by atoms with E-state index in [1.807, 2.05) is 4.68 Å². The Bertz CT molecular complexity index is 715. The van der Waals surface area contributed by atoms with Crippen LogP contribution < -0.4 is 5.56 Å². The van der Waals surface area contributed by atoms with E-state index in [0.717, 1.165) is 37.9 Å². The molecule has 2 heterocycles. The van der Waals surface area contributed by atoms with Crippen molar-refractivity contribution in [1.82, 2.24) is 19.7 Å². The summed E-state index contributed by atoms with van der Waals surface area (Å²) in [7, 11) is 0. The van der Waals surface area contributed by atoms with Crippen LogP contribution in [0.4, 0.5) is 4.39 Å². The number of nitrogens with one attached hydrogen (secondary N) is 1. The van der Waals surface area contributed by atoms with Gasteiger partial charge < -0.3 is 4.98 Å². The minimum Gasteiger partial charge on any atom is -0.310 e. The number of aromatic nitrogens is 4. The summed E-state index contributed by atoms with van der Waals surface area (Å²) in [6.45, 7) is 2.20. The molecule has 0 unspecified atom stereocenters. The second-order valence-corrected chi connectivity index (χ2v) is 6.91. The van der Waals surface area contributed by atoms with Crippen LogP contribution in [-0.2, 0) is 6.42 Å². The van der Waals surface area contributed by atoms with Crippen molar-refractivity contribution in [3.05, 3.63) is 22.4 Å². The Morgan fingerprint density at radius 2 is 1.96 bits per heavy atom. The highest BCUT2D eigenvalue weighted by atomic mass is 19.1. The molecule has 1 saturated carbocycles. The maximum Gasteiger partial charge on any atom is 0.262 e. The average molecular weight is 334 g/mol. The molecule has 0 saturated heterocycles. The number of aryl methyl sites for hydroxylation is 1. The third-order valence-corrected chi connectivity index (χ3v) is 5.00. The summed E-state index contributed by atoms with van der Waals surface area (Å²) in [6, 6.07) is 0.154. The fraction of sp³-hybridized carbons (Fsp3) is 0.722. The monoisotopic (exact) mass is 334 g/mol. The largest absolute Gasteiger partial charge is 0.310 e. The highest BCUT2D eigenvalue weighted by Gasteiger charge is 2.24. The Morgan fingerprint density at radius 3 is 2.71 bits per heavy atom. The quantitative estimate of drug-likeness (QED) is 0.776. The molecule has 0 aromatic carbocycles. The number of hydrogen-bond acceptors (Lipinski definition) is 3. The van der Waals surface area contributed by atoms with Crippen LogP contribution in [-0.4, -0.2) is 25.9 Å². The first-order chi connectivity index (χ1) is 11.7. The third kappa shape index (κ3) is 3.84. The summed E-state index contributed by atoms with van der Waals surface area (Å²) in [5.74, 6) is 0.741. The zero-order valence-corrected chi connectivity index (χ0v) is 14.4. The first-order valence-electron chi connectivity index (χ1n) is 9.29. The highest BCUT2D eigenvalue weighted by Crippen LogP contribution is 2.31. The summed E-state index contributed by atoms with van der Waals surface area (Å²) >= 11 is 0. The first-order valence-corrected chi connectivity index (χ1v) is 9.29. The summed E-state index contributed by atoms with van der Waals surface area (Å²) in [5.41, 5.74) is 0.540. The van der Waals surface area contributed by atoms with Gasteiger partial charge >= 0.3 is 0 Å². The predicted octanol–water partition coefficient (Wildman–Crippen LogP) is 4.09. The Morgan fingerprint density at radius 1 is 1.21 bits per heavy atom. The molecule has 0 amide bonds. The van der Waals surface area contributed by atoms with Crippen molar-refractivity contribution in [2.24, 2.45) is 0 Å². The molecule has 0 aliphatic heterocycles. The highest BCUT2D eigenvalue weighted by molar-refractivity contribution is 5.73. The fourth-order valence-electron chi connectivity index (χ4n) is 3.54. The van der Waals surface area contributed by atoms with Gasteiger partial charge in [0.05, 0.1) is 12.2 Å². The van der Waals surface area contributed by atoms with Crippen LogP contribution in [0.25, 0.3) is 11.0 Å². The molecule has 1 aliphatic carbocycles. The van der Waals surface area contributed by atoms with Crippen LogP contribution in [0.1, 0.15) is 76.6 Å². The molecule has 0 radical (unpaired) electrons. The van der Waals surface area contributed by atoms with Crippen molar-refractivity contribution in [3.8, 4) is 0 Å². The number of H-pyrrole nitrogens is 1. The Balaban J connectivity index is 1.75. The first kappa shape index (κ1) is 17.1. The molecule has 1 N–H and O–H groups in total. The molecule has 6 heteroatoms. The van der Waals surface area contributed by atoms with E-state index in [4.69, 9.17) is 0 Å². The van der Waals surface area contributed by atoms with Gasteiger partial charge in [-0.05, 0) is 32.1 Å². The lowest BCUT2D eigenvalue weighted by atomic mass is 9.94. The average Bonchev–Trinajstić information content (AvgIpc) is 3.00. The molecule has 2 aromatic heterocycles. The van der Waals surface area contributed by atoms with Gasteiger partial charge in [-0.25, -0.2) is 14.1 Å². The Kier molecular flexibility index (Phi) is 5.63. The van der Waals surface area contributed by atoms with Crippen LogP contribution in [0.15, 0.2) is 11.0 Å². The molecule has 2 aromatic rings. The van der Waals surface area contributed by atoms with Gasteiger partial charge in [-0.1, -0.05) is 32.6 Å². The lowest BCUT2D eigenvalue weighted by molar-refractivity contribution is 0.204. The molecule has 1 fully saturated rings. The van der Waals surface area contributed by atoms with Gasteiger partial charge in [-0.15, -0.1) is 0 Å². The van der Waals surface area contributed by atoms with Crippen molar-refractivity contribution < 1.29 is 4.39 Å². The zero-order chi connectivity index (χ0) is 16.9. The molecule has 5 nitrogen and oxygen atoms in total. The van der Waals surface area contributed by atoms with E-state index < -0.39 is 6.17 Å². The molecule has 1 aliphatic rings. The SMILES string of the molecule is CCCCCCCc1nc2c(cnn2C2CCC(F)CC2)c(=O)[nH]1. The van der Waals surface area contributed by atoms with Crippen molar-refractivity contribution in [1.29, 1.82) is 0 Å². The number of alkyl halides is 1. The fourth-order valence-corrected chi connectivity index (χ4v) is 3.54. The molecular weight excluding hydrogens is 307 g/mol. The number of nitrogens with zero attached hydrogens (tertiary/aromatic N) is 3. The minimum atomic E-state index is -0.696. The van der Waals surface area contributed by atoms with E-state index in [2.05, 4.69) is 22.0 Å². The van der Waals surface area contributed by atoms with E-state index in [-0.39, 0.29) is 11.6 Å². The van der Waals surface area contributed by atoms with Crippen molar-refractivity contribution in [3.63, 3.8) is 0 Å². The van der Waals surface area contributed by atoms with Gasteiger partial charge in [0.15, 0.2) is 5.65 Å². The molecule has 0 spiro atoms. The van der Waals surface area contributed by atoms with E-state index in [1.54, 1.807) is 6.20 Å².